The average Bonchev–Trinajstić information content (AvgIpc) is 2.38. The van der Waals surface area contributed by atoms with Gasteiger partial charge in [-0.25, -0.2) is 4.79 Å². The maximum absolute atomic E-state index is 11.6. The maximum Gasteiger partial charge on any atom is 0.330 e. The van der Waals surface area contributed by atoms with Crippen LogP contribution in [0, 0.1) is 5.41 Å². The number of hydrogen-bond acceptors (Lipinski definition) is 5. The number of carbonyl (C=O) groups excluding carboxylic acids is 2. The Balaban J connectivity index is 3.85. The second-order valence-electron chi connectivity index (χ2n) is 6.70. The number of esters is 2. The molecule has 0 radical (unpaired) electrons. The molecule has 0 unspecified atom stereocenters. The van der Waals surface area contributed by atoms with Crippen LogP contribution in [0.2, 0.25) is 0 Å². The highest BCUT2D eigenvalue weighted by molar-refractivity contribution is 5.81. The average molecular weight is 300 g/mol. The molecule has 122 valence electrons. The summed E-state index contributed by atoms with van der Waals surface area (Å²) in [7, 11) is 0. The lowest BCUT2D eigenvalue weighted by molar-refractivity contribution is -0.150. The Morgan fingerprint density at radius 2 is 1.62 bits per heavy atom. The molecule has 0 amide bonds. The van der Waals surface area contributed by atoms with Gasteiger partial charge >= 0.3 is 11.9 Å². The molecule has 0 aliphatic heterocycles. The van der Waals surface area contributed by atoms with E-state index in [1.807, 2.05) is 34.6 Å². The smallest absolute Gasteiger partial charge is 0.330 e. The topological polar surface area (TPSA) is 61.8 Å². The van der Waals surface area contributed by atoms with Gasteiger partial charge in [0.2, 0.25) is 0 Å². The fraction of sp³-hybridized carbons (Fsp3) is 0.750. The molecule has 0 bridgehead atoms. The van der Waals surface area contributed by atoms with E-state index in [0.29, 0.717) is 19.4 Å². The summed E-state index contributed by atoms with van der Waals surface area (Å²) in [5, 5.41) is 0. The second-order valence-corrected chi connectivity index (χ2v) is 6.70. The quantitative estimate of drug-likeness (QED) is 0.372. The van der Waals surface area contributed by atoms with E-state index < -0.39 is 11.4 Å². The predicted molar refractivity (Wildman–Crippen MR) is 80.8 cm³/mol. The van der Waals surface area contributed by atoms with Gasteiger partial charge in [0.15, 0.2) is 0 Å². The van der Waals surface area contributed by atoms with Crippen LogP contribution in [0.25, 0.3) is 0 Å². The van der Waals surface area contributed by atoms with Gasteiger partial charge in [-0.15, -0.1) is 0 Å². The Kier molecular flexibility index (Phi) is 8.25. The Morgan fingerprint density at radius 3 is 2.14 bits per heavy atom. The SMILES string of the molecule is C=CC(=O)OCC(C)(C)COC(=O)CCCOC(C)(C)C. The van der Waals surface area contributed by atoms with Crippen LogP contribution < -0.4 is 0 Å². The first-order chi connectivity index (χ1) is 9.56. The third kappa shape index (κ3) is 12.1. The Hall–Kier alpha value is -1.36. The van der Waals surface area contributed by atoms with E-state index in [9.17, 15) is 9.59 Å². The second kappa shape index (κ2) is 8.82. The first-order valence-electron chi connectivity index (χ1n) is 7.14. The zero-order chi connectivity index (χ0) is 16.5. The molecule has 21 heavy (non-hydrogen) atoms. The van der Waals surface area contributed by atoms with Crippen molar-refractivity contribution in [1.29, 1.82) is 0 Å². The van der Waals surface area contributed by atoms with Crippen molar-refractivity contribution in [2.75, 3.05) is 19.8 Å². The molecule has 0 aromatic carbocycles. The lowest BCUT2D eigenvalue weighted by atomic mass is 9.96. The molecule has 0 saturated carbocycles. The van der Waals surface area contributed by atoms with Gasteiger partial charge in [0.05, 0.1) is 18.8 Å². The highest BCUT2D eigenvalue weighted by Gasteiger charge is 2.22. The molecule has 0 aromatic heterocycles. The summed E-state index contributed by atoms with van der Waals surface area (Å²) < 4.78 is 15.7. The van der Waals surface area contributed by atoms with Crippen molar-refractivity contribution in [3.05, 3.63) is 12.7 Å². The summed E-state index contributed by atoms with van der Waals surface area (Å²) in [4.78, 5) is 22.6. The predicted octanol–water partition coefficient (Wildman–Crippen LogP) is 2.88. The highest BCUT2D eigenvalue weighted by Crippen LogP contribution is 2.17. The van der Waals surface area contributed by atoms with Crippen LogP contribution in [0.3, 0.4) is 0 Å². The minimum atomic E-state index is -0.478. The van der Waals surface area contributed by atoms with E-state index in [1.165, 1.54) is 0 Å². The molecule has 5 heteroatoms. The summed E-state index contributed by atoms with van der Waals surface area (Å²) in [5.41, 5.74) is -0.614. The van der Waals surface area contributed by atoms with Gasteiger partial charge in [0.1, 0.15) is 0 Å². The maximum atomic E-state index is 11.6. The van der Waals surface area contributed by atoms with Gasteiger partial charge < -0.3 is 14.2 Å². The zero-order valence-corrected chi connectivity index (χ0v) is 13.9. The van der Waals surface area contributed by atoms with Crippen molar-refractivity contribution in [3.63, 3.8) is 0 Å². The van der Waals surface area contributed by atoms with Crippen molar-refractivity contribution in [2.24, 2.45) is 5.41 Å². The molecule has 0 rings (SSSR count). The first kappa shape index (κ1) is 19.6. The van der Waals surface area contributed by atoms with Crippen LogP contribution in [0.5, 0.6) is 0 Å². The fourth-order valence-electron chi connectivity index (χ4n) is 1.31. The normalized spacial score (nSPS) is 11.9. The van der Waals surface area contributed by atoms with E-state index >= 15 is 0 Å². The largest absolute Gasteiger partial charge is 0.465 e. The molecule has 0 atom stereocenters. The van der Waals surface area contributed by atoms with Crippen molar-refractivity contribution in [2.45, 2.75) is 53.1 Å². The third-order valence-electron chi connectivity index (χ3n) is 2.46. The summed E-state index contributed by atoms with van der Waals surface area (Å²) >= 11 is 0. The Morgan fingerprint density at radius 1 is 1.05 bits per heavy atom. The van der Waals surface area contributed by atoms with Crippen LogP contribution in [-0.4, -0.2) is 37.4 Å². The molecule has 0 spiro atoms. The van der Waals surface area contributed by atoms with Crippen LogP contribution in [0.15, 0.2) is 12.7 Å². The van der Waals surface area contributed by atoms with E-state index in [-0.39, 0.29) is 24.8 Å². The van der Waals surface area contributed by atoms with Gasteiger partial charge in [-0.2, -0.15) is 0 Å². The van der Waals surface area contributed by atoms with E-state index in [2.05, 4.69) is 6.58 Å². The van der Waals surface area contributed by atoms with Gasteiger partial charge in [0, 0.05) is 24.5 Å². The zero-order valence-electron chi connectivity index (χ0n) is 13.9. The van der Waals surface area contributed by atoms with Crippen LogP contribution >= 0.6 is 0 Å². The van der Waals surface area contributed by atoms with Crippen molar-refractivity contribution in [3.8, 4) is 0 Å². The van der Waals surface area contributed by atoms with Crippen molar-refractivity contribution >= 4 is 11.9 Å². The minimum Gasteiger partial charge on any atom is -0.465 e. The Labute approximate surface area is 127 Å². The first-order valence-corrected chi connectivity index (χ1v) is 7.14. The molecule has 0 heterocycles. The van der Waals surface area contributed by atoms with Crippen molar-refractivity contribution in [1.82, 2.24) is 0 Å². The van der Waals surface area contributed by atoms with E-state index in [0.717, 1.165) is 6.08 Å². The molecule has 0 fully saturated rings. The monoisotopic (exact) mass is 300 g/mol. The summed E-state index contributed by atoms with van der Waals surface area (Å²) in [5.74, 6) is -0.746. The molecule has 0 aliphatic carbocycles. The number of ether oxygens (including phenoxy) is 3. The standard InChI is InChI=1S/C16H28O5/c1-7-13(17)19-11-16(5,6)12-20-14(18)9-8-10-21-15(2,3)4/h7H,1,8-12H2,2-6H3. The molecule has 0 N–H and O–H groups in total. The molecule has 5 nitrogen and oxygen atoms in total. The summed E-state index contributed by atoms with van der Waals surface area (Å²) in [6, 6.07) is 0. The van der Waals surface area contributed by atoms with Gasteiger partial charge in [0.25, 0.3) is 0 Å². The van der Waals surface area contributed by atoms with Crippen molar-refractivity contribution < 1.29 is 23.8 Å². The molecule has 0 aliphatic rings. The lowest BCUT2D eigenvalue weighted by Crippen LogP contribution is -2.28. The van der Waals surface area contributed by atoms with Crippen LogP contribution in [0.1, 0.15) is 47.5 Å². The highest BCUT2D eigenvalue weighted by atomic mass is 16.5. The van der Waals surface area contributed by atoms with E-state index in [1.54, 1.807) is 0 Å². The lowest BCUT2D eigenvalue weighted by Gasteiger charge is -2.23. The van der Waals surface area contributed by atoms with E-state index in [4.69, 9.17) is 14.2 Å². The van der Waals surface area contributed by atoms with Gasteiger partial charge in [-0.1, -0.05) is 20.4 Å². The Bertz CT molecular complexity index is 352. The number of rotatable bonds is 9. The van der Waals surface area contributed by atoms with Crippen LogP contribution in [-0.2, 0) is 23.8 Å². The summed E-state index contributed by atoms with van der Waals surface area (Å²) in [6.45, 7) is 13.9. The van der Waals surface area contributed by atoms with Gasteiger partial charge in [-0.3, -0.25) is 4.79 Å². The summed E-state index contributed by atoms with van der Waals surface area (Å²) in [6.07, 6.45) is 2.05. The molecule has 0 aromatic rings. The third-order valence-corrected chi connectivity index (χ3v) is 2.46. The fourth-order valence-corrected chi connectivity index (χ4v) is 1.31. The van der Waals surface area contributed by atoms with Gasteiger partial charge in [-0.05, 0) is 27.2 Å². The molecular weight excluding hydrogens is 272 g/mol. The van der Waals surface area contributed by atoms with Crippen LogP contribution in [0.4, 0.5) is 0 Å². The molecular formula is C16H28O5. The number of carbonyl (C=O) groups is 2. The number of hydrogen-bond donors (Lipinski definition) is 0. The molecule has 0 saturated heterocycles. The minimum absolute atomic E-state index is 0.179.